The third kappa shape index (κ3) is 6.19. The highest BCUT2D eigenvalue weighted by molar-refractivity contribution is 5.84. The van der Waals surface area contributed by atoms with Gasteiger partial charge < -0.3 is 9.72 Å². The van der Waals surface area contributed by atoms with Crippen LogP contribution in [0.1, 0.15) is 85.1 Å². The molecule has 3 nitrogen and oxygen atoms in total. The number of nitrogens with one attached hydrogen (secondary N) is 1. The van der Waals surface area contributed by atoms with Gasteiger partial charge in [-0.25, -0.2) is 0 Å². The predicted octanol–water partition coefficient (Wildman–Crippen LogP) is 6.52. The maximum absolute atomic E-state index is 11.7. The molecular weight excluding hydrogens is 322 g/mol. The van der Waals surface area contributed by atoms with Crippen LogP contribution in [0.25, 0.3) is 10.9 Å². The molecule has 0 aliphatic heterocycles. The number of hydrogen-bond donors (Lipinski definition) is 1. The van der Waals surface area contributed by atoms with Gasteiger partial charge in [-0.15, -0.1) is 0 Å². The molecule has 144 valence electrons. The van der Waals surface area contributed by atoms with E-state index in [4.69, 9.17) is 4.74 Å². The zero-order valence-corrected chi connectivity index (χ0v) is 17.2. The lowest BCUT2D eigenvalue weighted by Crippen LogP contribution is -2.23. The molecule has 26 heavy (non-hydrogen) atoms. The quantitative estimate of drug-likeness (QED) is 0.410. The molecule has 0 aliphatic rings. The van der Waals surface area contributed by atoms with Crippen LogP contribution in [0.3, 0.4) is 0 Å². The second kappa shape index (κ2) is 8.75. The fourth-order valence-electron chi connectivity index (χ4n) is 3.53. The predicted molar refractivity (Wildman–Crippen MR) is 109 cm³/mol. The number of H-pyrrole nitrogens is 1. The van der Waals surface area contributed by atoms with Crippen LogP contribution in [-0.2, 0) is 14.9 Å². The Kier molecular flexibility index (Phi) is 6.91. The maximum Gasteiger partial charge on any atom is 0.306 e. The van der Waals surface area contributed by atoms with Crippen LogP contribution in [0.5, 0.6) is 0 Å². The summed E-state index contributed by atoms with van der Waals surface area (Å²) in [5.41, 5.74) is 2.44. The van der Waals surface area contributed by atoms with Gasteiger partial charge in [0.15, 0.2) is 0 Å². The summed E-state index contributed by atoms with van der Waals surface area (Å²) in [5.74, 6) is -0.0713. The van der Waals surface area contributed by atoms with Crippen molar-refractivity contribution >= 4 is 16.9 Å². The second-order valence-electron chi connectivity index (χ2n) is 8.99. The van der Waals surface area contributed by atoms with E-state index in [0.29, 0.717) is 6.42 Å². The van der Waals surface area contributed by atoms with Crippen LogP contribution in [0.2, 0.25) is 0 Å². The molecule has 0 saturated carbocycles. The van der Waals surface area contributed by atoms with E-state index in [-0.39, 0.29) is 17.0 Å². The number of aromatic nitrogens is 1. The average Bonchev–Trinajstić information content (AvgIpc) is 2.97. The Morgan fingerprint density at radius 3 is 2.35 bits per heavy atom. The van der Waals surface area contributed by atoms with Crippen LogP contribution < -0.4 is 0 Å². The lowest BCUT2D eigenvalue weighted by molar-refractivity contribution is -0.154. The molecule has 0 amide bonds. The molecular formula is C23H35NO2. The Bertz CT molecular complexity index is 706. The summed E-state index contributed by atoms with van der Waals surface area (Å²) in [6.07, 6.45) is 9.56. The molecule has 2 aromatic rings. The van der Waals surface area contributed by atoms with Crippen molar-refractivity contribution in [2.24, 2.45) is 0 Å². The lowest BCUT2D eigenvalue weighted by atomic mass is 9.80. The number of ether oxygens (including phenoxy) is 1. The van der Waals surface area contributed by atoms with E-state index < -0.39 is 0 Å². The molecule has 1 aromatic heterocycles. The maximum atomic E-state index is 11.7. The summed E-state index contributed by atoms with van der Waals surface area (Å²) in [7, 11) is 0. The van der Waals surface area contributed by atoms with Crippen molar-refractivity contribution in [2.45, 2.75) is 90.6 Å². The Balaban J connectivity index is 1.67. The van der Waals surface area contributed by atoms with Gasteiger partial charge in [-0.2, -0.15) is 0 Å². The first-order valence-electron chi connectivity index (χ1n) is 9.97. The van der Waals surface area contributed by atoms with E-state index in [0.717, 1.165) is 12.8 Å². The highest BCUT2D eigenvalue weighted by atomic mass is 16.6. The Labute approximate surface area is 158 Å². The lowest BCUT2D eigenvalue weighted by Gasteiger charge is -2.24. The van der Waals surface area contributed by atoms with Crippen molar-refractivity contribution in [3.63, 3.8) is 0 Å². The summed E-state index contributed by atoms with van der Waals surface area (Å²) < 4.78 is 5.34. The van der Waals surface area contributed by atoms with Gasteiger partial charge in [-0.1, -0.05) is 57.7 Å². The standard InChI is InChI=1S/C23H35NO2/c1-22(2,3)26-21(25)15-9-7-6-8-12-16-23(4,5)19-17-24-20-14-11-10-13-18(19)20/h10-11,13-14,17,24H,6-9,12,15-16H2,1-5H3. The Morgan fingerprint density at radius 1 is 0.962 bits per heavy atom. The number of aromatic amines is 1. The number of fused-ring (bicyclic) bond motifs is 1. The minimum atomic E-state index is -0.370. The number of hydrogen-bond acceptors (Lipinski definition) is 2. The normalized spacial score (nSPS) is 12.5. The first kappa shape index (κ1) is 20.5. The monoisotopic (exact) mass is 357 g/mol. The number of unbranched alkanes of at least 4 members (excludes halogenated alkanes) is 4. The molecule has 1 heterocycles. The minimum absolute atomic E-state index is 0.0713. The van der Waals surface area contributed by atoms with Gasteiger partial charge in [-0.05, 0) is 50.7 Å². The second-order valence-corrected chi connectivity index (χ2v) is 8.99. The van der Waals surface area contributed by atoms with Gasteiger partial charge in [0.2, 0.25) is 0 Å². The summed E-state index contributed by atoms with van der Waals surface area (Å²) in [6.45, 7) is 10.4. The summed E-state index contributed by atoms with van der Waals surface area (Å²) in [6, 6.07) is 8.53. The first-order chi connectivity index (χ1) is 12.2. The van der Waals surface area contributed by atoms with Gasteiger partial charge in [0.25, 0.3) is 0 Å². The van der Waals surface area contributed by atoms with Crippen molar-refractivity contribution in [1.82, 2.24) is 4.98 Å². The molecule has 1 N–H and O–H groups in total. The number of carbonyl (C=O) groups excluding carboxylic acids is 1. The molecule has 1 aromatic carbocycles. The molecule has 0 radical (unpaired) electrons. The van der Waals surface area contributed by atoms with Gasteiger partial charge in [0, 0.05) is 23.5 Å². The van der Waals surface area contributed by atoms with Crippen molar-refractivity contribution in [2.75, 3.05) is 0 Å². The highest BCUT2D eigenvalue weighted by Gasteiger charge is 2.23. The molecule has 0 aliphatic carbocycles. The summed E-state index contributed by atoms with van der Waals surface area (Å²) in [5, 5.41) is 1.34. The Hall–Kier alpha value is -1.77. The molecule has 0 fully saturated rings. The van der Waals surface area contributed by atoms with E-state index in [2.05, 4.69) is 49.3 Å². The number of carbonyl (C=O) groups is 1. The van der Waals surface area contributed by atoms with Crippen molar-refractivity contribution in [3.05, 3.63) is 36.0 Å². The van der Waals surface area contributed by atoms with Crippen LogP contribution in [0.15, 0.2) is 30.5 Å². The van der Waals surface area contributed by atoms with Crippen LogP contribution in [-0.4, -0.2) is 16.6 Å². The fourth-order valence-corrected chi connectivity index (χ4v) is 3.53. The van der Waals surface area contributed by atoms with E-state index in [1.165, 1.54) is 42.1 Å². The topological polar surface area (TPSA) is 42.1 Å². The zero-order chi connectivity index (χ0) is 19.2. The average molecular weight is 358 g/mol. The number of rotatable bonds is 9. The molecule has 0 unspecified atom stereocenters. The number of para-hydroxylation sites is 1. The SMILES string of the molecule is CC(C)(C)OC(=O)CCCCCCCC(C)(C)c1c[nH]c2ccccc12. The number of benzene rings is 1. The van der Waals surface area contributed by atoms with Crippen molar-refractivity contribution in [1.29, 1.82) is 0 Å². The van der Waals surface area contributed by atoms with E-state index >= 15 is 0 Å². The van der Waals surface area contributed by atoms with Crippen molar-refractivity contribution in [3.8, 4) is 0 Å². The molecule has 0 spiro atoms. The van der Waals surface area contributed by atoms with E-state index in [1.54, 1.807) is 0 Å². The number of esters is 1. The molecule has 0 atom stereocenters. The fraction of sp³-hybridized carbons (Fsp3) is 0.609. The van der Waals surface area contributed by atoms with Gasteiger partial charge in [0.1, 0.15) is 5.60 Å². The zero-order valence-electron chi connectivity index (χ0n) is 17.2. The van der Waals surface area contributed by atoms with Crippen LogP contribution in [0.4, 0.5) is 0 Å². The smallest absolute Gasteiger partial charge is 0.306 e. The molecule has 0 bridgehead atoms. The van der Waals surface area contributed by atoms with Gasteiger partial charge in [-0.3, -0.25) is 4.79 Å². The molecule has 2 rings (SSSR count). The minimum Gasteiger partial charge on any atom is -0.460 e. The first-order valence-corrected chi connectivity index (χ1v) is 9.97. The summed E-state index contributed by atoms with van der Waals surface area (Å²) >= 11 is 0. The van der Waals surface area contributed by atoms with Crippen molar-refractivity contribution < 1.29 is 9.53 Å². The molecule has 3 heteroatoms. The molecule has 0 saturated heterocycles. The van der Waals surface area contributed by atoms with E-state index in [9.17, 15) is 4.79 Å². The third-order valence-corrected chi connectivity index (χ3v) is 4.92. The van der Waals surface area contributed by atoms with Crippen LogP contribution >= 0.6 is 0 Å². The highest BCUT2D eigenvalue weighted by Crippen LogP contribution is 2.34. The van der Waals surface area contributed by atoms with E-state index in [1.807, 2.05) is 20.8 Å². The van der Waals surface area contributed by atoms with Gasteiger partial charge >= 0.3 is 5.97 Å². The van der Waals surface area contributed by atoms with Crippen LogP contribution in [0, 0.1) is 0 Å². The third-order valence-electron chi connectivity index (χ3n) is 4.92. The Morgan fingerprint density at radius 2 is 1.62 bits per heavy atom. The summed E-state index contributed by atoms with van der Waals surface area (Å²) in [4.78, 5) is 15.1. The largest absolute Gasteiger partial charge is 0.460 e. The van der Waals surface area contributed by atoms with Gasteiger partial charge in [0.05, 0.1) is 0 Å².